The highest BCUT2D eigenvalue weighted by Gasteiger charge is 2.28. The molecule has 0 amide bonds. The summed E-state index contributed by atoms with van der Waals surface area (Å²) in [7, 11) is 0. The predicted octanol–water partition coefficient (Wildman–Crippen LogP) is 2.44. The standard InChI is InChI=1S/C13H17F2N3O/c1-2-9-4-3-5-18(9)12-10(14)6-8(7-11(12)15)13(16)17-19/h6-7,9,19H,2-5H2,1H3,(H2,16,17). The fourth-order valence-corrected chi connectivity index (χ4v) is 2.60. The van der Waals surface area contributed by atoms with Gasteiger partial charge in [0.15, 0.2) is 5.84 Å². The number of amidine groups is 1. The normalized spacial score (nSPS) is 20.1. The highest BCUT2D eigenvalue weighted by Crippen LogP contribution is 2.32. The van der Waals surface area contributed by atoms with Crippen molar-refractivity contribution in [1.29, 1.82) is 0 Å². The van der Waals surface area contributed by atoms with E-state index in [2.05, 4.69) is 5.16 Å². The minimum absolute atomic E-state index is 0.0150. The molecule has 3 N–H and O–H groups in total. The number of rotatable bonds is 3. The van der Waals surface area contributed by atoms with Crippen LogP contribution in [0.2, 0.25) is 0 Å². The molecule has 1 aromatic rings. The van der Waals surface area contributed by atoms with E-state index in [1.807, 2.05) is 6.92 Å². The third kappa shape index (κ3) is 2.47. The van der Waals surface area contributed by atoms with Crippen molar-refractivity contribution in [2.75, 3.05) is 11.4 Å². The molecule has 1 aromatic carbocycles. The quantitative estimate of drug-likeness (QED) is 0.383. The topological polar surface area (TPSA) is 61.8 Å². The third-order valence-electron chi connectivity index (χ3n) is 3.56. The first-order valence-corrected chi connectivity index (χ1v) is 6.32. The molecule has 0 aromatic heterocycles. The van der Waals surface area contributed by atoms with Gasteiger partial charge in [0.2, 0.25) is 0 Å². The van der Waals surface area contributed by atoms with Gasteiger partial charge in [-0.1, -0.05) is 12.1 Å². The Hall–Kier alpha value is -1.85. The Labute approximate surface area is 110 Å². The SMILES string of the molecule is CCC1CCCN1c1c(F)cc(C(N)=NO)cc1F. The number of nitrogens with zero attached hydrogens (tertiary/aromatic N) is 2. The summed E-state index contributed by atoms with van der Waals surface area (Å²) in [5, 5.41) is 11.3. The van der Waals surface area contributed by atoms with Crippen molar-refractivity contribution in [3.63, 3.8) is 0 Å². The maximum absolute atomic E-state index is 14.1. The number of anilines is 1. The van der Waals surface area contributed by atoms with Crippen LogP contribution in [0.1, 0.15) is 31.7 Å². The lowest BCUT2D eigenvalue weighted by atomic mass is 10.1. The van der Waals surface area contributed by atoms with E-state index in [4.69, 9.17) is 10.9 Å². The Kier molecular flexibility index (Phi) is 3.87. The Morgan fingerprint density at radius 3 is 2.63 bits per heavy atom. The molecule has 2 rings (SSSR count). The second kappa shape index (κ2) is 5.42. The first-order valence-electron chi connectivity index (χ1n) is 6.32. The predicted molar refractivity (Wildman–Crippen MR) is 69.5 cm³/mol. The van der Waals surface area contributed by atoms with Crippen LogP contribution in [-0.2, 0) is 0 Å². The van der Waals surface area contributed by atoms with E-state index >= 15 is 0 Å². The van der Waals surface area contributed by atoms with Crippen molar-refractivity contribution in [2.45, 2.75) is 32.2 Å². The summed E-state index contributed by atoms with van der Waals surface area (Å²) in [6, 6.07) is 2.36. The van der Waals surface area contributed by atoms with Gasteiger partial charge < -0.3 is 15.8 Å². The van der Waals surface area contributed by atoms with E-state index < -0.39 is 11.6 Å². The van der Waals surface area contributed by atoms with Gasteiger partial charge in [0.1, 0.15) is 17.3 Å². The van der Waals surface area contributed by atoms with E-state index in [0.29, 0.717) is 6.54 Å². The molecule has 1 saturated heterocycles. The van der Waals surface area contributed by atoms with Gasteiger partial charge in [-0.25, -0.2) is 8.78 Å². The van der Waals surface area contributed by atoms with Crippen LogP contribution in [0.25, 0.3) is 0 Å². The molecule has 4 nitrogen and oxygen atoms in total. The Morgan fingerprint density at radius 2 is 2.11 bits per heavy atom. The van der Waals surface area contributed by atoms with Crippen LogP contribution in [0.4, 0.5) is 14.5 Å². The Morgan fingerprint density at radius 1 is 1.47 bits per heavy atom. The zero-order valence-corrected chi connectivity index (χ0v) is 10.7. The monoisotopic (exact) mass is 269 g/mol. The number of halogens is 2. The van der Waals surface area contributed by atoms with E-state index in [9.17, 15) is 8.78 Å². The van der Waals surface area contributed by atoms with Gasteiger partial charge in [0.25, 0.3) is 0 Å². The van der Waals surface area contributed by atoms with Crippen molar-refractivity contribution >= 4 is 11.5 Å². The Bertz CT molecular complexity index is 482. The molecule has 0 saturated carbocycles. The van der Waals surface area contributed by atoms with Gasteiger partial charge in [-0.2, -0.15) is 0 Å². The number of hydrogen-bond acceptors (Lipinski definition) is 3. The molecule has 0 bridgehead atoms. The molecule has 0 spiro atoms. The molecule has 19 heavy (non-hydrogen) atoms. The molecule has 6 heteroatoms. The summed E-state index contributed by atoms with van der Waals surface area (Å²) in [5.41, 5.74) is 5.36. The van der Waals surface area contributed by atoms with Crippen LogP contribution in [0.3, 0.4) is 0 Å². The second-order valence-corrected chi connectivity index (χ2v) is 4.67. The lowest BCUT2D eigenvalue weighted by Gasteiger charge is -2.27. The summed E-state index contributed by atoms with van der Waals surface area (Å²) in [5.74, 6) is -1.67. The van der Waals surface area contributed by atoms with Crippen molar-refractivity contribution in [3.05, 3.63) is 29.3 Å². The van der Waals surface area contributed by atoms with Crippen LogP contribution >= 0.6 is 0 Å². The molecular weight excluding hydrogens is 252 g/mol. The van der Waals surface area contributed by atoms with Crippen LogP contribution in [0.5, 0.6) is 0 Å². The number of nitrogens with two attached hydrogens (primary N) is 1. The zero-order chi connectivity index (χ0) is 14.0. The summed E-state index contributed by atoms with van der Waals surface area (Å²) < 4.78 is 28.2. The van der Waals surface area contributed by atoms with Gasteiger partial charge >= 0.3 is 0 Å². The fourth-order valence-electron chi connectivity index (χ4n) is 2.60. The molecular formula is C13H17F2N3O. The van der Waals surface area contributed by atoms with Gasteiger partial charge in [-0.3, -0.25) is 0 Å². The minimum Gasteiger partial charge on any atom is -0.409 e. The summed E-state index contributed by atoms with van der Waals surface area (Å²) in [6.45, 7) is 2.65. The van der Waals surface area contributed by atoms with Crippen LogP contribution in [0.15, 0.2) is 17.3 Å². The molecule has 1 fully saturated rings. The third-order valence-corrected chi connectivity index (χ3v) is 3.56. The van der Waals surface area contributed by atoms with Crippen molar-refractivity contribution < 1.29 is 14.0 Å². The van der Waals surface area contributed by atoms with Crippen molar-refractivity contribution in [1.82, 2.24) is 0 Å². The average molecular weight is 269 g/mol. The van der Waals surface area contributed by atoms with Gasteiger partial charge in [0.05, 0.1) is 0 Å². The van der Waals surface area contributed by atoms with E-state index in [1.165, 1.54) is 0 Å². The average Bonchev–Trinajstić information content (AvgIpc) is 2.85. The molecule has 1 atom stereocenters. The molecule has 1 aliphatic rings. The van der Waals surface area contributed by atoms with Crippen LogP contribution in [-0.4, -0.2) is 23.6 Å². The van der Waals surface area contributed by atoms with Gasteiger partial charge in [0, 0.05) is 18.2 Å². The maximum Gasteiger partial charge on any atom is 0.170 e. The molecule has 1 heterocycles. The number of hydrogen-bond donors (Lipinski definition) is 2. The smallest absolute Gasteiger partial charge is 0.170 e. The molecule has 0 radical (unpaired) electrons. The van der Waals surface area contributed by atoms with Gasteiger partial charge in [-0.05, 0) is 31.4 Å². The second-order valence-electron chi connectivity index (χ2n) is 4.67. The van der Waals surface area contributed by atoms with Gasteiger partial charge in [-0.15, -0.1) is 0 Å². The number of benzene rings is 1. The molecule has 1 unspecified atom stereocenters. The van der Waals surface area contributed by atoms with E-state index in [1.54, 1.807) is 4.90 Å². The lowest BCUT2D eigenvalue weighted by molar-refractivity contribution is 0.318. The van der Waals surface area contributed by atoms with Crippen LogP contribution < -0.4 is 10.6 Å². The van der Waals surface area contributed by atoms with Crippen molar-refractivity contribution in [2.24, 2.45) is 10.9 Å². The number of oxime groups is 1. The fraction of sp³-hybridized carbons (Fsp3) is 0.462. The first kappa shape index (κ1) is 13.6. The van der Waals surface area contributed by atoms with Crippen molar-refractivity contribution in [3.8, 4) is 0 Å². The highest BCUT2D eigenvalue weighted by molar-refractivity contribution is 5.97. The largest absolute Gasteiger partial charge is 0.409 e. The summed E-state index contributed by atoms with van der Waals surface area (Å²) >= 11 is 0. The summed E-state index contributed by atoms with van der Waals surface area (Å²) in [6.07, 6.45) is 2.72. The molecule has 104 valence electrons. The summed E-state index contributed by atoms with van der Waals surface area (Å²) in [4.78, 5) is 1.76. The first-order chi connectivity index (χ1) is 9.08. The zero-order valence-electron chi connectivity index (χ0n) is 10.7. The Balaban J connectivity index is 2.42. The maximum atomic E-state index is 14.1. The lowest BCUT2D eigenvalue weighted by Crippen LogP contribution is -2.30. The van der Waals surface area contributed by atoms with E-state index in [0.717, 1.165) is 31.4 Å². The minimum atomic E-state index is -0.679. The molecule has 0 aliphatic carbocycles. The van der Waals surface area contributed by atoms with Crippen LogP contribution in [0, 0.1) is 11.6 Å². The highest BCUT2D eigenvalue weighted by atomic mass is 19.1. The van der Waals surface area contributed by atoms with E-state index in [-0.39, 0.29) is 23.1 Å². The molecule has 1 aliphatic heterocycles.